The van der Waals surface area contributed by atoms with E-state index in [1.807, 2.05) is 42.5 Å². The van der Waals surface area contributed by atoms with Crippen LogP contribution in [0, 0.1) is 0 Å². The second-order valence-electron chi connectivity index (χ2n) is 4.17. The van der Waals surface area contributed by atoms with Crippen molar-refractivity contribution in [3.05, 3.63) is 58.6 Å². The van der Waals surface area contributed by atoms with E-state index >= 15 is 0 Å². The number of ether oxygens (including phenoxy) is 1. The summed E-state index contributed by atoms with van der Waals surface area (Å²) in [6.07, 6.45) is 0. The van der Waals surface area contributed by atoms with E-state index in [1.165, 1.54) is 0 Å². The lowest BCUT2D eigenvalue weighted by Gasteiger charge is -2.09. The number of anilines is 1. The summed E-state index contributed by atoms with van der Waals surface area (Å²) >= 11 is 3.37. The molecule has 0 aliphatic carbocycles. The molecule has 2 amide bonds. The molecule has 0 aliphatic heterocycles. The highest BCUT2D eigenvalue weighted by Crippen LogP contribution is 2.16. The Morgan fingerprint density at radius 3 is 2.65 bits per heavy atom. The Labute approximate surface area is 126 Å². The Morgan fingerprint density at radius 2 is 1.95 bits per heavy atom. The topological polar surface area (TPSA) is 50.4 Å². The normalized spacial score (nSPS) is 9.90. The number of methoxy groups -OCH3 is 1. The van der Waals surface area contributed by atoms with Crippen LogP contribution in [0.5, 0.6) is 5.75 Å². The summed E-state index contributed by atoms with van der Waals surface area (Å²) in [5, 5.41) is 5.56. The van der Waals surface area contributed by atoms with Crippen molar-refractivity contribution in [2.75, 3.05) is 12.4 Å². The van der Waals surface area contributed by atoms with Crippen molar-refractivity contribution in [3.63, 3.8) is 0 Å². The number of halogens is 1. The van der Waals surface area contributed by atoms with Gasteiger partial charge in [0.15, 0.2) is 0 Å². The zero-order chi connectivity index (χ0) is 14.4. The van der Waals surface area contributed by atoms with Gasteiger partial charge in [-0.2, -0.15) is 0 Å². The average Bonchev–Trinajstić information content (AvgIpc) is 2.47. The summed E-state index contributed by atoms with van der Waals surface area (Å²) in [5.41, 5.74) is 1.73. The van der Waals surface area contributed by atoms with Crippen LogP contribution in [-0.2, 0) is 6.54 Å². The summed E-state index contributed by atoms with van der Waals surface area (Å²) in [7, 11) is 1.59. The summed E-state index contributed by atoms with van der Waals surface area (Å²) in [6, 6.07) is 14.8. The van der Waals surface area contributed by atoms with Crippen LogP contribution in [0.25, 0.3) is 0 Å². The molecule has 5 heteroatoms. The van der Waals surface area contributed by atoms with Crippen molar-refractivity contribution in [1.29, 1.82) is 0 Å². The number of hydrogen-bond donors (Lipinski definition) is 2. The van der Waals surface area contributed by atoms with Gasteiger partial charge in [-0.05, 0) is 29.8 Å². The molecule has 0 bridgehead atoms. The van der Waals surface area contributed by atoms with Crippen LogP contribution >= 0.6 is 15.9 Å². The summed E-state index contributed by atoms with van der Waals surface area (Å²) in [4.78, 5) is 11.8. The molecule has 20 heavy (non-hydrogen) atoms. The molecule has 104 valence electrons. The lowest BCUT2D eigenvalue weighted by Crippen LogP contribution is -2.28. The molecule has 2 rings (SSSR count). The molecule has 4 nitrogen and oxygen atoms in total. The van der Waals surface area contributed by atoms with Gasteiger partial charge in [0.1, 0.15) is 5.75 Å². The maximum Gasteiger partial charge on any atom is 0.319 e. The third kappa shape index (κ3) is 4.28. The van der Waals surface area contributed by atoms with Crippen LogP contribution in [0.15, 0.2) is 53.0 Å². The van der Waals surface area contributed by atoms with Gasteiger partial charge in [-0.1, -0.05) is 34.1 Å². The predicted molar refractivity (Wildman–Crippen MR) is 83.0 cm³/mol. The summed E-state index contributed by atoms with van der Waals surface area (Å²) in [6.45, 7) is 0.475. The van der Waals surface area contributed by atoms with Crippen LogP contribution in [0.4, 0.5) is 10.5 Å². The maximum absolute atomic E-state index is 11.8. The van der Waals surface area contributed by atoms with Gasteiger partial charge in [-0.3, -0.25) is 0 Å². The molecule has 0 saturated heterocycles. The molecule has 0 unspecified atom stereocenters. The molecule has 0 saturated carbocycles. The van der Waals surface area contributed by atoms with E-state index in [1.54, 1.807) is 13.2 Å². The Kier molecular flexibility index (Phi) is 5.01. The summed E-state index contributed by atoms with van der Waals surface area (Å²) in [5.74, 6) is 0.704. The Bertz CT molecular complexity index is 585. The van der Waals surface area contributed by atoms with E-state index in [9.17, 15) is 4.79 Å². The van der Waals surface area contributed by atoms with Gasteiger partial charge in [-0.25, -0.2) is 4.79 Å². The minimum Gasteiger partial charge on any atom is -0.497 e. The second kappa shape index (κ2) is 6.96. The van der Waals surface area contributed by atoms with E-state index in [-0.39, 0.29) is 6.03 Å². The molecule has 0 aliphatic rings. The smallest absolute Gasteiger partial charge is 0.319 e. The number of rotatable bonds is 4. The second-order valence-corrected chi connectivity index (χ2v) is 5.08. The molecule has 2 aromatic rings. The predicted octanol–water partition coefficient (Wildman–Crippen LogP) is 3.78. The molecule has 0 atom stereocenters. The number of carbonyl (C=O) groups excluding carboxylic acids is 1. The molecule has 0 spiro atoms. The highest BCUT2D eigenvalue weighted by atomic mass is 79.9. The van der Waals surface area contributed by atoms with Crippen LogP contribution in [-0.4, -0.2) is 13.1 Å². The Balaban J connectivity index is 1.87. The number of benzene rings is 2. The fraction of sp³-hybridized carbons (Fsp3) is 0.133. The lowest BCUT2D eigenvalue weighted by atomic mass is 10.2. The van der Waals surface area contributed by atoms with Gasteiger partial charge in [0.05, 0.1) is 7.11 Å². The van der Waals surface area contributed by atoms with Crippen molar-refractivity contribution in [2.24, 2.45) is 0 Å². The number of carbonyl (C=O) groups is 1. The van der Waals surface area contributed by atoms with Gasteiger partial charge < -0.3 is 15.4 Å². The van der Waals surface area contributed by atoms with Crippen molar-refractivity contribution < 1.29 is 9.53 Å². The zero-order valence-corrected chi connectivity index (χ0v) is 12.6. The maximum atomic E-state index is 11.8. The molecule has 0 aromatic heterocycles. The molecule has 2 N–H and O–H groups in total. The van der Waals surface area contributed by atoms with E-state index in [0.29, 0.717) is 18.0 Å². The monoisotopic (exact) mass is 334 g/mol. The first-order valence-electron chi connectivity index (χ1n) is 6.11. The van der Waals surface area contributed by atoms with E-state index in [2.05, 4.69) is 26.6 Å². The molecule has 2 aromatic carbocycles. The van der Waals surface area contributed by atoms with E-state index < -0.39 is 0 Å². The van der Waals surface area contributed by atoms with Crippen molar-refractivity contribution in [2.45, 2.75) is 6.54 Å². The highest BCUT2D eigenvalue weighted by Gasteiger charge is 2.02. The quantitative estimate of drug-likeness (QED) is 0.893. The fourth-order valence-electron chi connectivity index (χ4n) is 1.66. The third-order valence-electron chi connectivity index (χ3n) is 2.69. The summed E-state index contributed by atoms with van der Waals surface area (Å²) < 4.78 is 6.12. The van der Waals surface area contributed by atoms with Crippen LogP contribution < -0.4 is 15.4 Å². The third-order valence-corrected chi connectivity index (χ3v) is 3.22. The van der Waals surface area contributed by atoms with E-state index in [0.717, 1.165) is 10.0 Å². The standard InChI is InChI=1S/C15H15BrN2O2/c1-20-14-4-2-3-13(9-14)18-15(19)17-10-11-5-7-12(16)8-6-11/h2-9H,10H2,1H3,(H2,17,18,19). The van der Waals surface area contributed by atoms with Gasteiger partial charge in [0.25, 0.3) is 0 Å². The molecular formula is C15H15BrN2O2. The zero-order valence-electron chi connectivity index (χ0n) is 11.0. The number of amides is 2. The molecular weight excluding hydrogens is 320 g/mol. The molecule has 0 fully saturated rings. The van der Waals surface area contributed by atoms with Gasteiger partial charge in [0, 0.05) is 22.8 Å². The average molecular weight is 335 g/mol. The lowest BCUT2D eigenvalue weighted by molar-refractivity contribution is 0.251. The SMILES string of the molecule is COc1cccc(NC(=O)NCc2ccc(Br)cc2)c1. The minimum atomic E-state index is -0.249. The van der Waals surface area contributed by atoms with Crippen molar-refractivity contribution in [1.82, 2.24) is 5.32 Å². The number of nitrogens with one attached hydrogen (secondary N) is 2. The van der Waals surface area contributed by atoms with Crippen molar-refractivity contribution in [3.8, 4) is 5.75 Å². The first-order valence-corrected chi connectivity index (χ1v) is 6.90. The Morgan fingerprint density at radius 1 is 1.20 bits per heavy atom. The highest BCUT2D eigenvalue weighted by molar-refractivity contribution is 9.10. The van der Waals surface area contributed by atoms with Crippen molar-refractivity contribution >= 4 is 27.6 Å². The molecule has 0 radical (unpaired) electrons. The minimum absolute atomic E-state index is 0.249. The largest absolute Gasteiger partial charge is 0.497 e. The number of hydrogen-bond acceptors (Lipinski definition) is 2. The fourth-order valence-corrected chi connectivity index (χ4v) is 1.93. The first kappa shape index (κ1) is 14.4. The van der Waals surface area contributed by atoms with Crippen LogP contribution in [0.3, 0.4) is 0 Å². The molecule has 0 heterocycles. The van der Waals surface area contributed by atoms with Gasteiger partial charge in [-0.15, -0.1) is 0 Å². The number of urea groups is 1. The van der Waals surface area contributed by atoms with Crippen LogP contribution in [0.1, 0.15) is 5.56 Å². The van der Waals surface area contributed by atoms with Gasteiger partial charge in [0.2, 0.25) is 0 Å². The van der Waals surface area contributed by atoms with E-state index in [4.69, 9.17) is 4.74 Å². The van der Waals surface area contributed by atoms with Crippen LogP contribution in [0.2, 0.25) is 0 Å². The Hall–Kier alpha value is -2.01. The van der Waals surface area contributed by atoms with Gasteiger partial charge >= 0.3 is 6.03 Å². The first-order chi connectivity index (χ1) is 9.67.